The number of anilines is 1. The number of hydrogen-bond acceptors (Lipinski definition) is 5. The average Bonchev–Trinajstić information content (AvgIpc) is 3.42. The summed E-state index contributed by atoms with van der Waals surface area (Å²) in [6, 6.07) is 12.9. The Hall–Kier alpha value is -2.00. The first kappa shape index (κ1) is 19.3. The highest BCUT2D eigenvalue weighted by atomic mass is 32.2. The van der Waals surface area contributed by atoms with Gasteiger partial charge in [0.25, 0.3) is 0 Å². The van der Waals surface area contributed by atoms with Crippen LogP contribution >= 0.6 is 22.7 Å². The maximum atomic E-state index is 13.5. The van der Waals surface area contributed by atoms with E-state index in [4.69, 9.17) is 0 Å². The van der Waals surface area contributed by atoms with Crippen molar-refractivity contribution in [2.24, 2.45) is 0 Å². The molecule has 1 aliphatic heterocycles. The summed E-state index contributed by atoms with van der Waals surface area (Å²) in [5, 5.41) is 3.90. The van der Waals surface area contributed by atoms with Crippen LogP contribution in [0.4, 0.5) is 5.69 Å². The number of nitrogens with zero attached hydrogens (tertiary/aromatic N) is 2. The quantitative estimate of drug-likeness (QED) is 0.589. The van der Waals surface area contributed by atoms with Crippen molar-refractivity contribution in [1.29, 1.82) is 0 Å². The fourth-order valence-corrected chi connectivity index (χ4v) is 6.39. The summed E-state index contributed by atoms with van der Waals surface area (Å²) in [4.78, 5) is 15.8. The van der Waals surface area contributed by atoms with Crippen LogP contribution < -0.4 is 4.90 Å². The summed E-state index contributed by atoms with van der Waals surface area (Å²) in [6.07, 6.45) is 0.753. The van der Waals surface area contributed by atoms with Gasteiger partial charge in [0.1, 0.15) is 0 Å². The van der Waals surface area contributed by atoms with Crippen molar-refractivity contribution in [3.8, 4) is 0 Å². The van der Waals surface area contributed by atoms with Gasteiger partial charge in [-0.2, -0.15) is 4.31 Å². The second kappa shape index (κ2) is 7.79. The maximum absolute atomic E-state index is 13.5. The summed E-state index contributed by atoms with van der Waals surface area (Å²) < 4.78 is 28.5. The second-order valence-electron chi connectivity index (χ2n) is 6.64. The molecule has 0 unspecified atom stereocenters. The molecule has 0 fully saturated rings. The molecule has 3 heterocycles. The molecule has 5 nitrogen and oxygen atoms in total. The zero-order chi connectivity index (χ0) is 19.7. The van der Waals surface area contributed by atoms with Crippen LogP contribution in [0.1, 0.15) is 22.2 Å². The highest BCUT2D eigenvalue weighted by Gasteiger charge is 2.29. The van der Waals surface area contributed by atoms with E-state index in [-0.39, 0.29) is 10.8 Å². The van der Waals surface area contributed by atoms with Gasteiger partial charge in [-0.25, -0.2) is 8.42 Å². The number of carbonyl (C=O) groups is 1. The molecule has 8 heteroatoms. The van der Waals surface area contributed by atoms with Gasteiger partial charge in [-0.3, -0.25) is 4.79 Å². The SMILES string of the molecule is CC(=O)N1CCc2ccc(S(=O)(=O)N(Cc3cccs3)Cc3cccs3)cc21. The zero-order valence-corrected chi connectivity index (χ0v) is 17.8. The predicted molar refractivity (Wildman–Crippen MR) is 113 cm³/mol. The molecule has 0 aliphatic carbocycles. The van der Waals surface area contributed by atoms with Gasteiger partial charge in [0.2, 0.25) is 15.9 Å². The fraction of sp³-hybridized carbons (Fsp3) is 0.250. The molecule has 2 aromatic heterocycles. The summed E-state index contributed by atoms with van der Waals surface area (Å²) in [6.45, 7) is 2.76. The van der Waals surface area contributed by atoms with Crippen molar-refractivity contribution >= 4 is 44.3 Å². The summed E-state index contributed by atoms with van der Waals surface area (Å²) in [7, 11) is -3.72. The number of benzene rings is 1. The van der Waals surface area contributed by atoms with Gasteiger partial charge in [-0.1, -0.05) is 18.2 Å². The van der Waals surface area contributed by atoms with E-state index in [1.54, 1.807) is 39.7 Å². The molecule has 0 spiro atoms. The lowest BCUT2D eigenvalue weighted by Gasteiger charge is -2.22. The number of carbonyl (C=O) groups excluding carboxylic acids is 1. The van der Waals surface area contributed by atoms with E-state index >= 15 is 0 Å². The molecular weight excluding hydrogens is 412 g/mol. The lowest BCUT2D eigenvalue weighted by Crippen LogP contribution is -2.30. The lowest BCUT2D eigenvalue weighted by atomic mass is 10.2. The van der Waals surface area contributed by atoms with Crippen LogP contribution in [-0.4, -0.2) is 25.2 Å². The summed E-state index contributed by atoms with van der Waals surface area (Å²) in [5.41, 5.74) is 1.72. The van der Waals surface area contributed by atoms with Gasteiger partial charge in [0.15, 0.2) is 0 Å². The molecule has 1 aromatic carbocycles. The molecular formula is C20H20N2O3S3. The third kappa shape index (κ3) is 3.77. The number of thiophene rings is 2. The van der Waals surface area contributed by atoms with E-state index in [1.165, 1.54) is 11.2 Å². The largest absolute Gasteiger partial charge is 0.312 e. The Morgan fingerprint density at radius 2 is 1.71 bits per heavy atom. The first-order valence-electron chi connectivity index (χ1n) is 8.91. The second-order valence-corrected chi connectivity index (χ2v) is 10.6. The molecule has 1 amide bonds. The van der Waals surface area contributed by atoms with E-state index in [2.05, 4.69) is 0 Å². The van der Waals surface area contributed by atoms with Crippen LogP contribution in [0.5, 0.6) is 0 Å². The fourth-order valence-electron chi connectivity index (χ4n) is 3.37. The van der Waals surface area contributed by atoms with E-state index < -0.39 is 10.0 Å². The van der Waals surface area contributed by atoms with Gasteiger partial charge in [-0.15, -0.1) is 22.7 Å². The molecule has 146 valence electrons. The van der Waals surface area contributed by atoms with E-state index in [9.17, 15) is 13.2 Å². The monoisotopic (exact) mass is 432 g/mol. The molecule has 0 bridgehead atoms. The summed E-state index contributed by atoms with van der Waals surface area (Å²) in [5.74, 6) is -0.0673. The van der Waals surface area contributed by atoms with Gasteiger partial charge < -0.3 is 4.90 Å². The van der Waals surface area contributed by atoms with Crippen LogP contribution in [0.2, 0.25) is 0 Å². The molecule has 3 aromatic rings. The van der Waals surface area contributed by atoms with Crippen LogP contribution in [0.25, 0.3) is 0 Å². The molecule has 0 saturated heterocycles. The molecule has 0 atom stereocenters. The Bertz CT molecular complexity index is 1040. The van der Waals surface area contributed by atoms with Gasteiger partial charge in [0.05, 0.1) is 4.90 Å². The third-order valence-electron chi connectivity index (χ3n) is 4.79. The molecule has 1 aliphatic rings. The molecule has 4 rings (SSSR count). The molecule has 0 N–H and O–H groups in total. The first-order valence-corrected chi connectivity index (χ1v) is 12.1. The van der Waals surface area contributed by atoms with Crippen molar-refractivity contribution in [3.05, 3.63) is 68.5 Å². The van der Waals surface area contributed by atoms with Crippen LogP contribution in [0.15, 0.2) is 58.1 Å². The number of rotatable bonds is 6. The van der Waals surface area contributed by atoms with Crippen LogP contribution in [-0.2, 0) is 34.3 Å². The molecule has 28 heavy (non-hydrogen) atoms. The number of amides is 1. The highest BCUT2D eigenvalue weighted by molar-refractivity contribution is 7.89. The van der Waals surface area contributed by atoms with Gasteiger partial charge in [0, 0.05) is 42.0 Å². The lowest BCUT2D eigenvalue weighted by molar-refractivity contribution is -0.116. The Balaban J connectivity index is 1.71. The smallest absolute Gasteiger partial charge is 0.243 e. The third-order valence-corrected chi connectivity index (χ3v) is 8.30. The predicted octanol–water partition coefficient (Wildman–Crippen LogP) is 4.11. The van der Waals surface area contributed by atoms with Crippen LogP contribution in [0, 0.1) is 0 Å². The van der Waals surface area contributed by atoms with E-state index in [1.807, 2.05) is 41.1 Å². The van der Waals surface area contributed by atoms with Crippen molar-refractivity contribution in [2.75, 3.05) is 11.4 Å². The van der Waals surface area contributed by atoms with Crippen molar-refractivity contribution in [2.45, 2.75) is 31.3 Å². The number of sulfonamides is 1. The highest BCUT2D eigenvalue weighted by Crippen LogP contribution is 2.32. The minimum Gasteiger partial charge on any atom is -0.312 e. The molecule has 0 saturated carbocycles. The van der Waals surface area contributed by atoms with Crippen molar-refractivity contribution in [1.82, 2.24) is 4.31 Å². The van der Waals surface area contributed by atoms with E-state index in [0.29, 0.717) is 25.3 Å². The standard InChI is InChI=1S/C20H20N2O3S3/c1-15(23)22-9-8-16-6-7-19(12-20(16)22)28(24,25)21(13-17-4-2-10-26-17)14-18-5-3-11-27-18/h2-7,10-12H,8-9,13-14H2,1H3. The Morgan fingerprint density at radius 3 is 2.25 bits per heavy atom. The molecule has 0 radical (unpaired) electrons. The Morgan fingerprint density at radius 1 is 1.07 bits per heavy atom. The minimum absolute atomic E-state index is 0.0673. The topological polar surface area (TPSA) is 57.7 Å². The Labute approximate surface area is 172 Å². The van der Waals surface area contributed by atoms with Crippen LogP contribution in [0.3, 0.4) is 0 Å². The number of hydrogen-bond donors (Lipinski definition) is 0. The van der Waals surface area contributed by atoms with E-state index in [0.717, 1.165) is 21.7 Å². The van der Waals surface area contributed by atoms with Gasteiger partial charge in [-0.05, 0) is 47.0 Å². The van der Waals surface area contributed by atoms with Crippen molar-refractivity contribution < 1.29 is 13.2 Å². The average molecular weight is 433 g/mol. The number of fused-ring (bicyclic) bond motifs is 1. The Kier molecular flexibility index (Phi) is 5.37. The zero-order valence-electron chi connectivity index (χ0n) is 15.4. The van der Waals surface area contributed by atoms with Crippen molar-refractivity contribution in [3.63, 3.8) is 0 Å². The van der Waals surface area contributed by atoms with Gasteiger partial charge >= 0.3 is 0 Å². The normalized spacial score (nSPS) is 13.9. The maximum Gasteiger partial charge on any atom is 0.243 e. The summed E-state index contributed by atoms with van der Waals surface area (Å²) >= 11 is 3.09. The minimum atomic E-state index is -3.72. The first-order chi connectivity index (χ1) is 13.4.